The van der Waals surface area contributed by atoms with Crippen LogP contribution < -0.4 is 5.32 Å². The average Bonchev–Trinajstić information content (AvgIpc) is 3.22. The predicted octanol–water partition coefficient (Wildman–Crippen LogP) is 3.53. The highest BCUT2D eigenvalue weighted by Gasteiger charge is 2.13. The Labute approximate surface area is 133 Å². The lowest BCUT2D eigenvalue weighted by Gasteiger charge is -2.06. The molecule has 0 atom stereocenters. The first kappa shape index (κ1) is 13.6. The van der Waals surface area contributed by atoms with E-state index in [1.165, 1.54) is 5.56 Å². The fourth-order valence-corrected chi connectivity index (χ4v) is 2.63. The second kappa shape index (κ2) is 5.96. The highest BCUT2D eigenvalue weighted by molar-refractivity contribution is 5.55. The predicted molar refractivity (Wildman–Crippen MR) is 88.3 cm³/mol. The smallest absolute Gasteiger partial charge is 0.149 e. The average molecular weight is 304 g/mol. The van der Waals surface area contributed by atoms with Crippen LogP contribution >= 0.6 is 0 Å². The molecule has 1 aromatic carbocycles. The Morgan fingerprint density at radius 3 is 2.78 bits per heavy atom. The van der Waals surface area contributed by atoms with Gasteiger partial charge in [0.05, 0.1) is 18.5 Å². The summed E-state index contributed by atoms with van der Waals surface area (Å²) in [6.07, 6.45) is 6.02. The van der Waals surface area contributed by atoms with Gasteiger partial charge in [-0.05, 0) is 23.8 Å². The van der Waals surface area contributed by atoms with Gasteiger partial charge in [-0.3, -0.25) is 4.40 Å². The number of nitrogens with one attached hydrogen (secondary N) is 1. The van der Waals surface area contributed by atoms with Crippen LogP contribution in [0.1, 0.15) is 17.0 Å². The van der Waals surface area contributed by atoms with E-state index >= 15 is 0 Å². The third-order valence-electron chi connectivity index (χ3n) is 3.75. The minimum atomic E-state index is 0.603. The third kappa shape index (κ3) is 2.81. The van der Waals surface area contributed by atoms with Crippen molar-refractivity contribution < 1.29 is 4.42 Å². The molecule has 0 saturated carbocycles. The maximum Gasteiger partial charge on any atom is 0.149 e. The molecule has 0 spiro atoms. The molecule has 23 heavy (non-hydrogen) atoms. The monoisotopic (exact) mass is 304 g/mol. The molecule has 0 bridgehead atoms. The van der Waals surface area contributed by atoms with Crippen LogP contribution in [-0.2, 0) is 13.0 Å². The number of anilines is 1. The molecule has 3 aromatic heterocycles. The molecular weight excluding hydrogens is 288 g/mol. The van der Waals surface area contributed by atoms with Gasteiger partial charge in [-0.1, -0.05) is 30.3 Å². The number of benzene rings is 1. The van der Waals surface area contributed by atoms with Gasteiger partial charge >= 0.3 is 0 Å². The highest BCUT2D eigenvalue weighted by Crippen LogP contribution is 2.21. The summed E-state index contributed by atoms with van der Waals surface area (Å²) < 4.78 is 7.40. The first-order chi connectivity index (χ1) is 11.4. The maximum absolute atomic E-state index is 5.38. The lowest BCUT2D eigenvalue weighted by molar-refractivity contribution is 0.518. The van der Waals surface area contributed by atoms with E-state index < -0.39 is 0 Å². The van der Waals surface area contributed by atoms with Crippen LogP contribution in [0.5, 0.6) is 0 Å². The topological polar surface area (TPSA) is 55.4 Å². The second-order valence-electron chi connectivity index (χ2n) is 5.31. The van der Waals surface area contributed by atoms with Gasteiger partial charge in [0.2, 0.25) is 0 Å². The molecular formula is C18H16N4O. The molecule has 5 heteroatoms. The van der Waals surface area contributed by atoms with Crippen molar-refractivity contribution in [1.29, 1.82) is 0 Å². The Morgan fingerprint density at radius 1 is 1.04 bits per heavy atom. The zero-order valence-corrected chi connectivity index (χ0v) is 12.5. The van der Waals surface area contributed by atoms with Crippen molar-refractivity contribution in [2.24, 2.45) is 0 Å². The summed E-state index contributed by atoms with van der Waals surface area (Å²) in [5.74, 6) is 1.74. The van der Waals surface area contributed by atoms with Gasteiger partial charge < -0.3 is 9.73 Å². The molecule has 1 N–H and O–H groups in total. The molecule has 0 amide bonds. The summed E-state index contributed by atoms with van der Waals surface area (Å²) >= 11 is 0. The number of hydrogen-bond donors (Lipinski definition) is 1. The van der Waals surface area contributed by atoms with Gasteiger partial charge in [-0.2, -0.15) is 0 Å². The van der Waals surface area contributed by atoms with Gasteiger partial charge in [-0.25, -0.2) is 9.97 Å². The molecule has 0 aliphatic heterocycles. The van der Waals surface area contributed by atoms with Gasteiger partial charge in [0, 0.05) is 12.6 Å². The Morgan fingerprint density at radius 2 is 1.96 bits per heavy atom. The largest absolute Gasteiger partial charge is 0.467 e. The Bertz CT molecular complexity index is 897. The molecule has 0 radical (unpaired) electrons. The van der Waals surface area contributed by atoms with Gasteiger partial charge in [0.25, 0.3) is 0 Å². The first-order valence-corrected chi connectivity index (χ1v) is 7.51. The fourth-order valence-electron chi connectivity index (χ4n) is 2.63. The van der Waals surface area contributed by atoms with Crippen LogP contribution in [0.4, 0.5) is 5.82 Å². The van der Waals surface area contributed by atoms with Crippen LogP contribution in [-0.4, -0.2) is 14.4 Å². The molecule has 4 aromatic rings. The van der Waals surface area contributed by atoms with E-state index in [1.54, 1.807) is 18.8 Å². The van der Waals surface area contributed by atoms with Crippen LogP contribution in [0.15, 0.2) is 71.7 Å². The number of furan rings is 1. The zero-order valence-electron chi connectivity index (χ0n) is 12.5. The normalized spacial score (nSPS) is 11.0. The summed E-state index contributed by atoms with van der Waals surface area (Å²) in [5, 5.41) is 3.37. The van der Waals surface area contributed by atoms with E-state index in [0.29, 0.717) is 6.54 Å². The lowest BCUT2D eigenvalue weighted by Crippen LogP contribution is -2.03. The van der Waals surface area contributed by atoms with Crippen molar-refractivity contribution in [3.05, 3.63) is 84.3 Å². The van der Waals surface area contributed by atoms with Crippen LogP contribution in [0, 0.1) is 0 Å². The quantitative estimate of drug-likeness (QED) is 0.613. The SMILES string of the molecule is c1ccc(Cc2c(NCc3ccco3)nc3ccncn23)cc1. The van der Waals surface area contributed by atoms with E-state index in [0.717, 1.165) is 29.3 Å². The molecule has 0 saturated heterocycles. The Balaban J connectivity index is 1.69. The minimum absolute atomic E-state index is 0.603. The molecule has 4 rings (SSSR count). The van der Waals surface area contributed by atoms with Crippen LogP contribution in [0.3, 0.4) is 0 Å². The van der Waals surface area contributed by atoms with Crippen molar-refractivity contribution in [3.8, 4) is 0 Å². The number of hydrogen-bond acceptors (Lipinski definition) is 4. The van der Waals surface area contributed by atoms with Crippen LogP contribution in [0.2, 0.25) is 0 Å². The van der Waals surface area contributed by atoms with Gasteiger partial charge in [-0.15, -0.1) is 0 Å². The van der Waals surface area contributed by atoms with E-state index in [4.69, 9.17) is 4.42 Å². The van der Waals surface area contributed by atoms with E-state index in [1.807, 2.05) is 40.8 Å². The number of imidazole rings is 1. The van der Waals surface area contributed by atoms with E-state index in [2.05, 4.69) is 27.4 Å². The number of nitrogens with zero attached hydrogens (tertiary/aromatic N) is 3. The van der Waals surface area contributed by atoms with Crippen molar-refractivity contribution in [1.82, 2.24) is 14.4 Å². The molecule has 0 fully saturated rings. The van der Waals surface area contributed by atoms with Crippen molar-refractivity contribution in [2.45, 2.75) is 13.0 Å². The summed E-state index contributed by atoms with van der Waals surface area (Å²) in [6, 6.07) is 16.1. The van der Waals surface area contributed by atoms with Gasteiger partial charge in [0.15, 0.2) is 0 Å². The van der Waals surface area contributed by atoms with Crippen molar-refractivity contribution in [3.63, 3.8) is 0 Å². The molecule has 0 unspecified atom stereocenters. The summed E-state index contributed by atoms with van der Waals surface area (Å²) in [5.41, 5.74) is 3.21. The zero-order chi connectivity index (χ0) is 15.5. The van der Waals surface area contributed by atoms with Gasteiger partial charge in [0.1, 0.15) is 23.6 Å². The summed E-state index contributed by atoms with van der Waals surface area (Å²) in [4.78, 5) is 8.89. The van der Waals surface area contributed by atoms with Crippen molar-refractivity contribution in [2.75, 3.05) is 5.32 Å². The molecule has 3 heterocycles. The minimum Gasteiger partial charge on any atom is -0.467 e. The standard InChI is InChI=1S/C18H16N4O/c1-2-5-14(6-3-1)11-16-18(20-12-15-7-4-10-23-15)21-17-8-9-19-13-22(16)17/h1-10,13,20H,11-12H2. The third-order valence-corrected chi connectivity index (χ3v) is 3.75. The van der Waals surface area contributed by atoms with Crippen LogP contribution in [0.25, 0.3) is 5.65 Å². The molecule has 114 valence electrons. The fraction of sp³-hybridized carbons (Fsp3) is 0.111. The summed E-state index contributed by atoms with van der Waals surface area (Å²) in [7, 11) is 0. The first-order valence-electron chi connectivity index (χ1n) is 7.51. The molecule has 0 aliphatic rings. The molecule has 0 aliphatic carbocycles. The highest BCUT2D eigenvalue weighted by atomic mass is 16.3. The number of rotatable bonds is 5. The lowest BCUT2D eigenvalue weighted by atomic mass is 10.1. The van der Waals surface area contributed by atoms with E-state index in [9.17, 15) is 0 Å². The Hall–Kier alpha value is -3.08. The molecule has 5 nitrogen and oxygen atoms in total. The van der Waals surface area contributed by atoms with E-state index in [-0.39, 0.29) is 0 Å². The second-order valence-corrected chi connectivity index (χ2v) is 5.31. The number of aromatic nitrogens is 3. The summed E-state index contributed by atoms with van der Waals surface area (Å²) in [6.45, 7) is 0.603. The Kier molecular flexibility index (Phi) is 3.52. The number of fused-ring (bicyclic) bond motifs is 1. The maximum atomic E-state index is 5.38. The van der Waals surface area contributed by atoms with Crippen molar-refractivity contribution >= 4 is 11.5 Å².